The van der Waals surface area contributed by atoms with Gasteiger partial charge in [0.15, 0.2) is 0 Å². The van der Waals surface area contributed by atoms with Gasteiger partial charge in [0.05, 0.1) is 5.69 Å². The van der Waals surface area contributed by atoms with Crippen molar-refractivity contribution in [3.8, 4) is 0 Å². The molecule has 3 heteroatoms. The van der Waals surface area contributed by atoms with Gasteiger partial charge in [0, 0.05) is 18.3 Å². The summed E-state index contributed by atoms with van der Waals surface area (Å²) in [6, 6.07) is 0.769. The average Bonchev–Trinajstić information content (AvgIpc) is 2.91. The molecule has 1 aromatic rings. The Balaban J connectivity index is 1.85. The molecule has 2 heterocycles. The molecule has 0 saturated heterocycles. The van der Waals surface area contributed by atoms with Crippen molar-refractivity contribution in [3.63, 3.8) is 0 Å². The fourth-order valence-electron chi connectivity index (χ4n) is 3.86. The van der Waals surface area contributed by atoms with E-state index < -0.39 is 0 Å². The number of rotatable bonds is 0. The summed E-state index contributed by atoms with van der Waals surface area (Å²) in [7, 11) is 0. The largest absolute Gasteiger partial charge is 0.355 e. The Kier molecular flexibility index (Phi) is 1.85. The van der Waals surface area contributed by atoms with Gasteiger partial charge in [-0.15, -0.1) is 0 Å². The van der Waals surface area contributed by atoms with Crippen molar-refractivity contribution < 1.29 is 0 Å². The van der Waals surface area contributed by atoms with Gasteiger partial charge in [-0.05, 0) is 44.4 Å². The van der Waals surface area contributed by atoms with Gasteiger partial charge in [-0.1, -0.05) is 6.42 Å². The molecule has 86 valence electrons. The summed E-state index contributed by atoms with van der Waals surface area (Å²) in [5, 5.41) is 3.54. The van der Waals surface area contributed by atoms with Gasteiger partial charge in [-0.25, -0.2) is 4.98 Å². The summed E-state index contributed by atoms with van der Waals surface area (Å²) in [5.74, 6) is 2.04. The van der Waals surface area contributed by atoms with E-state index in [0.29, 0.717) is 0 Å². The fourth-order valence-corrected chi connectivity index (χ4v) is 3.86. The molecule has 0 amide bonds. The van der Waals surface area contributed by atoms with Crippen LogP contribution in [0.4, 0.5) is 5.95 Å². The van der Waals surface area contributed by atoms with E-state index in [1.54, 1.807) is 5.69 Å². The number of hydrogen-bond acceptors (Lipinski definition) is 2. The molecule has 0 aromatic carbocycles. The second-order valence-electron chi connectivity index (χ2n) is 5.55. The molecular formula is C13H19N3. The Morgan fingerprint density at radius 1 is 1.12 bits per heavy atom. The van der Waals surface area contributed by atoms with E-state index in [1.165, 1.54) is 56.6 Å². The highest BCUT2D eigenvalue weighted by Crippen LogP contribution is 2.43. The van der Waals surface area contributed by atoms with Gasteiger partial charge in [0.2, 0.25) is 5.95 Å². The molecular weight excluding hydrogens is 198 g/mol. The zero-order chi connectivity index (χ0) is 10.5. The van der Waals surface area contributed by atoms with Crippen LogP contribution < -0.4 is 5.32 Å². The first-order valence-electron chi connectivity index (χ1n) is 6.77. The van der Waals surface area contributed by atoms with Crippen LogP contribution in [-0.4, -0.2) is 16.1 Å². The Morgan fingerprint density at radius 3 is 3.06 bits per heavy atom. The maximum absolute atomic E-state index is 4.80. The minimum absolute atomic E-state index is 0.769. The van der Waals surface area contributed by atoms with Crippen LogP contribution >= 0.6 is 0 Å². The molecule has 2 aliphatic carbocycles. The zero-order valence-electron chi connectivity index (χ0n) is 9.71. The lowest BCUT2D eigenvalue weighted by atomic mass is 9.98. The lowest BCUT2D eigenvalue weighted by molar-refractivity contribution is 0.365. The Labute approximate surface area is 96.3 Å². The van der Waals surface area contributed by atoms with Crippen LogP contribution in [0.5, 0.6) is 0 Å². The highest BCUT2D eigenvalue weighted by Gasteiger charge is 2.36. The van der Waals surface area contributed by atoms with Gasteiger partial charge in [-0.3, -0.25) is 0 Å². The summed E-state index contributed by atoms with van der Waals surface area (Å²) in [6.07, 6.45) is 9.34. The van der Waals surface area contributed by atoms with Crippen LogP contribution in [0.1, 0.15) is 49.5 Å². The molecule has 0 bridgehead atoms. The second-order valence-corrected chi connectivity index (χ2v) is 5.55. The Hall–Kier alpha value is -0.990. The minimum atomic E-state index is 0.769. The summed E-state index contributed by atoms with van der Waals surface area (Å²) in [5.41, 5.74) is 2.95. The smallest absolute Gasteiger partial charge is 0.203 e. The average molecular weight is 217 g/mol. The monoisotopic (exact) mass is 217 g/mol. The molecule has 2 unspecified atom stereocenters. The van der Waals surface area contributed by atoms with E-state index >= 15 is 0 Å². The zero-order valence-corrected chi connectivity index (χ0v) is 9.71. The van der Waals surface area contributed by atoms with Crippen molar-refractivity contribution in [1.29, 1.82) is 0 Å². The molecule has 1 aromatic heterocycles. The summed E-state index contributed by atoms with van der Waals surface area (Å²) < 4.78 is 2.57. The predicted molar refractivity (Wildman–Crippen MR) is 63.7 cm³/mol. The third-order valence-corrected chi connectivity index (χ3v) is 4.64. The number of aryl methyl sites for hydroxylation is 1. The van der Waals surface area contributed by atoms with Crippen LogP contribution in [0.25, 0.3) is 0 Å². The van der Waals surface area contributed by atoms with Crippen LogP contribution in [0.3, 0.4) is 0 Å². The molecule has 1 fully saturated rings. The van der Waals surface area contributed by atoms with Crippen LogP contribution in [-0.2, 0) is 12.8 Å². The normalized spacial score (nSPS) is 31.5. The van der Waals surface area contributed by atoms with E-state index in [1.807, 2.05) is 0 Å². The topological polar surface area (TPSA) is 29.9 Å². The molecule has 0 spiro atoms. The number of nitrogens with zero attached hydrogens (tertiary/aromatic N) is 2. The first kappa shape index (κ1) is 9.08. The maximum atomic E-state index is 4.80. The number of aromatic nitrogens is 2. The SMILES string of the molecule is C1CCc2c(nc3n2C2CCCC2CN3)C1. The molecule has 16 heavy (non-hydrogen) atoms. The molecule has 3 nitrogen and oxygen atoms in total. The fraction of sp³-hybridized carbons (Fsp3) is 0.769. The molecule has 2 atom stereocenters. The van der Waals surface area contributed by atoms with E-state index in [-0.39, 0.29) is 0 Å². The summed E-state index contributed by atoms with van der Waals surface area (Å²) in [4.78, 5) is 4.80. The van der Waals surface area contributed by atoms with Crippen molar-refractivity contribution in [2.24, 2.45) is 5.92 Å². The minimum Gasteiger partial charge on any atom is -0.355 e. The van der Waals surface area contributed by atoms with Gasteiger partial charge in [-0.2, -0.15) is 0 Å². The van der Waals surface area contributed by atoms with Gasteiger partial charge < -0.3 is 9.88 Å². The van der Waals surface area contributed by atoms with Crippen molar-refractivity contribution in [2.45, 2.75) is 51.0 Å². The van der Waals surface area contributed by atoms with Crippen LogP contribution in [0, 0.1) is 5.92 Å². The summed E-state index contributed by atoms with van der Waals surface area (Å²) in [6.45, 7) is 1.15. The Morgan fingerprint density at radius 2 is 2.06 bits per heavy atom. The van der Waals surface area contributed by atoms with Crippen LogP contribution in [0.2, 0.25) is 0 Å². The Bertz CT molecular complexity index is 421. The third-order valence-electron chi connectivity index (χ3n) is 4.64. The summed E-state index contributed by atoms with van der Waals surface area (Å²) >= 11 is 0. The highest BCUT2D eigenvalue weighted by atomic mass is 15.3. The van der Waals surface area contributed by atoms with Crippen molar-refractivity contribution in [1.82, 2.24) is 9.55 Å². The van der Waals surface area contributed by atoms with Crippen molar-refractivity contribution >= 4 is 5.95 Å². The molecule has 0 radical (unpaired) electrons. The molecule has 1 saturated carbocycles. The molecule has 3 aliphatic rings. The quantitative estimate of drug-likeness (QED) is 0.723. The lowest BCUT2D eigenvalue weighted by Crippen LogP contribution is -2.30. The van der Waals surface area contributed by atoms with E-state index in [9.17, 15) is 0 Å². The maximum Gasteiger partial charge on any atom is 0.203 e. The number of hydrogen-bond donors (Lipinski definition) is 1. The number of nitrogens with one attached hydrogen (secondary N) is 1. The van der Waals surface area contributed by atoms with Gasteiger partial charge in [0.25, 0.3) is 0 Å². The highest BCUT2D eigenvalue weighted by molar-refractivity contribution is 5.39. The molecule has 1 N–H and O–H groups in total. The predicted octanol–water partition coefficient (Wildman–Crippen LogP) is 2.53. The standard InChI is InChI=1S/C13H19N3/c1-2-6-12-10(5-1)15-13-14-8-9-4-3-7-11(9)16(12)13/h9,11H,1-8H2,(H,14,15). The second kappa shape index (κ2) is 3.25. The number of imidazole rings is 1. The van der Waals surface area contributed by atoms with E-state index in [4.69, 9.17) is 4.98 Å². The van der Waals surface area contributed by atoms with E-state index in [0.717, 1.165) is 18.5 Å². The van der Waals surface area contributed by atoms with Gasteiger partial charge >= 0.3 is 0 Å². The number of fused-ring (bicyclic) bond motifs is 5. The first-order chi connectivity index (χ1) is 7.93. The third kappa shape index (κ3) is 1.12. The molecule has 4 rings (SSSR count). The van der Waals surface area contributed by atoms with E-state index in [2.05, 4.69) is 9.88 Å². The number of anilines is 1. The first-order valence-corrected chi connectivity index (χ1v) is 6.77. The van der Waals surface area contributed by atoms with Crippen LogP contribution in [0.15, 0.2) is 0 Å². The van der Waals surface area contributed by atoms with Crippen molar-refractivity contribution in [2.75, 3.05) is 11.9 Å². The molecule has 1 aliphatic heterocycles. The van der Waals surface area contributed by atoms with Gasteiger partial charge in [0.1, 0.15) is 0 Å². The lowest BCUT2D eigenvalue weighted by Gasteiger charge is -2.31. The van der Waals surface area contributed by atoms with Crippen molar-refractivity contribution in [3.05, 3.63) is 11.4 Å².